The third kappa shape index (κ3) is 3.84. The number of anilines is 1. The molecule has 1 saturated heterocycles. The Kier molecular flexibility index (Phi) is 4.17. The molecule has 102 valence electrons. The lowest BCUT2D eigenvalue weighted by molar-refractivity contribution is -0.117. The van der Waals surface area contributed by atoms with Crippen LogP contribution in [0.2, 0.25) is 0 Å². The minimum atomic E-state index is -0.559. The summed E-state index contributed by atoms with van der Waals surface area (Å²) in [6, 6.07) is 5.42. The Bertz CT molecular complexity index is 451. The smallest absolute Gasteiger partial charge is 0.315 e. The van der Waals surface area contributed by atoms with Crippen molar-refractivity contribution in [2.75, 3.05) is 24.5 Å². The van der Waals surface area contributed by atoms with Gasteiger partial charge in [-0.15, -0.1) is 0 Å². The average molecular weight is 263 g/mol. The number of nitrogens with one attached hydrogen (secondary N) is 2. The molecule has 1 aromatic heterocycles. The van der Waals surface area contributed by atoms with Crippen molar-refractivity contribution in [1.82, 2.24) is 15.6 Å². The number of primary amides is 1. The Morgan fingerprint density at radius 2 is 2.32 bits per heavy atom. The maximum Gasteiger partial charge on any atom is 0.315 e. The summed E-state index contributed by atoms with van der Waals surface area (Å²) in [5, 5.41) is 5.21. The Labute approximate surface area is 111 Å². The van der Waals surface area contributed by atoms with Crippen LogP contribution in [0.5, 0.6) is 0 Å². The Balaban J connectivity index is 1.79. The first kappa shape index (κ1) is 13.1. The summed E-state index contributed by atoms with van der Waals surface area (Å²) in [4.78, 5) is 28.4. The zero-order chi connectivity index (χ0) is 13.7. The highest BCUT2D eigenvalue weighted by atomic mass is 16.2. The highest BCUT2D eigenvalue weighted by Crippen LogP contribution is 2.16. The summed E-state index contributed by atoms with van der Waals surface area (Å²) >= 11 is 0. The summed E-state index contributed by atoms with van der Waals surface area (Å²) in [6.07, 6.45) is 2.59. The van der Waals surface area contributed by atoms with Gasteiger partial charge in [-0.2, -0.15) is 0 Å². The molecule has 2 heterocycles. The number of aromatic nitrogens is 1. The van der Waals surface area contributed by atoms with E-state index in [1.54, 1.807) is 6.20 Å². The number of hydrogen-bond acceptors (Lipinski definition) is 4. The second kappa shape index (κ2) is 6.03. The molecule has 0 spiro atoms. The van der Waals surface area contributed by atoms with Gasteiger partial charge in [-0.05, 0) is 18.6 Å². The summed E-state index contributed by atoms with van der Waals surface area (Å²) in [6.45, 7) is 1.40. The predicted molar refractivity (Wildman–Crippen MR) is 70.6 cm³/mol. The van der Waals surface area contributed by atoms with Crippen molar-refractivity contribution in [1.29, 1.82) is 0 Å². The van der Waals surface area contributed by atoms with Gasteiger partial charge in [-0.3, -0.25) is 4.79 Å². The second-order valence-corrected chi connectivity index (χ2v) is 4.41. The maximum atomic E-state index is 11.5. The van der Waals surface area contributed by atoms with Gasteiger partial charge in [0.1, 0.15) is 5.82 Å². The van der Waals surface area contributed by atoms with Crippen molar-refractivity contribution in [3.05, 3.63) is 24.4 Å². The number of pyridine rings is 1. The first-order chi connectivity index (χ1) is 9.15. The number of nitrogens with two attached hydrogens (primary N) is 1. The predicted octanol–water partition coefficient (Wildman–Crippen LogP) is -0.555. The number of hydrogen-bond donors (Lipinski definition) is 3. The van der Waals surface area contributed by atoms with Gasteiger partial charge < -0.3 is 21.3 Å². The number of carbonyl (C=O) groups is 2. The van der Waals surface area contributed by atoms with Crippen LogP contribution in [-0.2, 0) is 4.79 Å². The van der Waals surface area contributed by atoms with E-state index < -0.39 is 5.91 Å². The molecule has 3 amide bonds. The fourth-order valence-corrected chi connectivity index (χ4v) is 2.03. The summed E-state index contributed by atoms with van der Waals surface area (Å²) in [7, 11) is 0. The average Bonchev–Trinajstić information content (AvgIpc) is 2.86. The highest BCUT2D eigenvalue weighted by molar-refractivity contribution is 5.82. The number of nitrogens with zero attached hydrogens (tertiary/aromatic N) is 2. The van der Waals surface area contributed by atoms with E-state index in [0.717, 1.165) is 18.8 Å². The summed E-state index contributed by atoms with van der Waals surface area (Å²) in [5.41, 5.74) is 4.95. The first-order valence-corrected chi connectivity index (χ1v) is 6.14. The van der Waals surface area contributed by atoms with Gasteiger partial charge in [0.2, 0.25) is 5.91 Å². The van der Waals surface area contributed by atoms with E-state index in [1.807, 2.05) is 18.2 Å². The molecule has 0 unspecified atom stereocenters. The van der Waals surface area contributed by atoms with E-state index in [1.165, 1.54) is 0 Å². The molecule has 1 fully saturated rings. The lowest BCUT2D eigenvalue weighted by Crippen LogP contribution is -2.45. The minimum absolute atomic E-state index is 0.0508. The molecule has 7 heteroatoms. The van der Waals surface area contributed by atoms with E-state index in [-0.39, 0.29) is 18.6 Å². The third-order valence-electron chi connectivity index (χ3n) is 2.92. The largest absolute Gasteiger partial charge is 0.368 e. The van der Waals surface area contributed by atoms with Crippen LogP contribution in [0.3, 0.4) is 0 Å². The van der Waals surface area contributed by atoms with E-state index >= 15 is 0 Å². The van der Waals surface area contributed by atoms with Gasteiger partial charge in [0.15, 0.2) is 0 Å². The van der Waals surface area contributed by atoms with Crippen molar-refractivity contribution in [2.24, 2.45) is 5.73 Å². The molecule has 0 bridgehead atoms. The Morgan fingerprint density at radius 3 is 3.00 bits per heavy atom. The van der Waals surface area contributed by atoms with Crippen molar-refractivity contribution < 1.29 is 9.59 Å². The first-order valence-electron chi connectivity index (χ1n) is 6.14. The molecule has 1 atom stereocenters. The van der Waals surface area contributed by atoms with Crippen molar-refractivity contribution >= 4 is 17.8 Å². The molecule has 0 radical (unpaired) electrons. The van der Waals surface area contributed by atoms with E-state index in [0.29, 0.717) is 6.54 Å². The zero-order valence-corrected chi connectivity index (χ0v) is 10.5. The van der Waals surface area contributed by atoms with Gasteiger partial charge in [0.25, 0.3) is 0 Å². The standard InChI is InChI=1S/C12H17N5O2/c13-10(18)7-15-12(19)16-9-4-6-17(8-9)11-3-1-2-5-14-11/h1-3,5,9H,4,6-8H2,(H2,13,18)(H2,15,16,19)/t9-/m1/s1. The fraction of sp³-hybridized carbons (Fsp3) is 0.417. The van der Waals surface area contributed by atoms with Crippen LogP contribution in [0.15, 0.2) is 24.4 Å². The van der Waals surface area contributed by atoms with Gasteiger partial charge >= 0.3 is 6.03 Å². The monoisotopic (exact) mass is 263 g/mol. The molecular formula is C12H17N5O2. The second-order valence-electron chi connectivity index (χ2n) is 4.41. The molecule has 4 N–H and O–H groups in total. The normalized spacial score (nSPS) is 18.1. The van der Waals surface area contributed by atoms with E-state index in [9.17, 15) is 9.59 Å². The van der Waals surface area contributed by atoms with Crippen LogP contribution >= 0.6 is 0 Å². The SMILES string of the molecule is NC(=O)CNC(=O)N[C@@H]1CCN(c2ccccn2)C1. The highest BCUT2D eigenvalue weighted by Gasteiger charge is 2.24. The molecule has 7 nitrogen and oxygen atoms in total. The van der Waals surface area contributed by atoms with Gasteiger partial charge in [0, 0.05) is 25.3 Å². The lowest BCUT2D eigenvalue weighted by atomic mass is 10.3. The Hall–Kier alpha value is -2.31. The molecule has 1 aliphatic heterocycles. The summed E-state index contributed by atoms with van der Waals surface area (Å²) in [5.74, 6) is 0.348. The summed E-state index contributed by atoms with van der Waals surface area (Å²) < 4.78 is 0. The van der Waals surface area contributed by atoms with Gasteiger partial charge in [-0.1, -0.05) is 6.07 Å². The molecule has 1 aliphatic rings. The number of carbonyl (C=O) groups excluding carboxylic acids is 2. The number of urea groups is 1. The quantitative estimate of drug-likeness (QED) is 0.678. The van der Waals surface area contributed by atoms with Crippen LogP contribution in [0.1, 0.15) is 6.42 Å². The molecule has 0 aromatic carbocycles. The number of amides is 3. The minimum Gasteiger partial charge on any atom is -0.368 e. The van der Waals surface area contributed by atoms with Gasteiger partial charge in [-0.25, -0.2) is 9.78 Å². The zero-order valence-electron chi connectivity index (χ0n) is 10.5. The van der Waals surface area contributed by atoms with Crippen molar-refractivity contribution in [3.8, 4) is 0 Å². The topological polar surface area (TPSA) is 100 Å². The number of rotatable bonds is 4. The maximum absolute atomic E-state index is 11.5. The molecule has 0 saturated carbocycles. The van der Waals surface area contributed by atoms with E-state index in [4.69, 9.17) is 5.73 Å². The van der Waals surface area contributed by atoms with Crippen LogP contribution in [0.4, 0.5) is 10.6 Å². The lowest BCUT2D eigenvalue weighted by Gasteiger charge is -2.17. The molecule has 0 aliphatic carbocycles. The van der Waals surface area contributed by atoms with Crippen LogP contribution < -0.4 is 21.3 Å². The third-order valence-corrected chi connectivity index (χ3v) is 2.92. The molecule has 2 rings (SSSR count). The molecule has 1 aromatic rings. The van der Waals surface area contributed by atoms with Crippen LogP contribution in [0.25, 0.3) is 0 Å². The fourth-order valence-electron chi connectivity index (χ4n) is 2.03. The molecule has 19 heavy (non-hydrogen) atoms. The van der Waals surface area contributed by atoms with Crippen molar-refractivity contribution in [2.45, 2.75) is 12.5 Å². The van der Waals surface area contributed by atoms with Crippen molar-refractivity contribution in [3.63, 3.8) is 0 Å². The molecular weight excluding hydrogens is 246 g/mol. The van der Waals surface area contributed by atoms with Crippen LogP contribution in [0, 0.1) is 0 Å². The van der Waals surface area contributed by atoms with E-state index in [2.05, 4.69) is 20.5 Å². The Morgan fingerprint density at radius 1 is 1.47 bits per heavy atom. The van der Waals surface area contributed by atoms with Crippen LogP contribution in [-0.4, -0.2) is 42.6 Å². The van der Waals surface area contributed by atoms with Gasteiger partial charge in [0.05, 0.1) is 6.54 Å².